The van der Waals surface area contributed by atoms with Crippen molar-refractivity contribution < 1.29 is 0 Å². The normalized spacial score (nSPS) is 14.7. The van der Waals surface area contributed by atoms with Gasteiger partial charge in [0.1, 0.15) is 12.4 Å². The van der Waals surface area contributed by atoms with Crippen molar-refractivity contribution in [1.82, 2.24) is 25.4 Å². The number of rotatable bonds is 7. The van der Waals surface area contributed by atoms with E-state index >= 15 is 0 Å². The van der Waals surface area contributed by atoms with Gasteiger partial charge in [-0.1, -0.05) is 42.1 Å². The monoisotopic (exact) mass is 550 g/mol. The average molecular weight is 551 g/mol. The van der Waals surface area contributed by atoms with E-state index in [2.05, 4.69) is 20.8 Å². The highest BCUT2D eigenvalue weighted by Gasteiger charge is 2.16. The predicted octanol–water partition coefficient (Wildman–Crippen LogP) is 4.66. The summed E-state index contributed by atoms with van der Waals surface area (Å²) in [6.07, 6.45) is 6.80. The molecule has 1 aromatic heterocycles. The minimum atomic E-state index is 0. The maximum absolute atomic E-state index is 6.26. The number of nitrogens with zero attached hydrogens (tertiary/aromatic N) is 4. The zero-order valence-electron chi connectivity index (χ0n) is 16.9. The molecule has 1 saturated carbocycles. The fourth-order valence-electron chi connectivity index (χ4n) is 3.36. The minimum absolute atomic E-state index is 0. The molecule has 9 heteroatoms. The van der Waals surface area contributed by atoms with Crippen molar-refractivity contribution in [3.63, 3.8) is 0 Å². The summed E-state index contributed by atoms with van der Waals surface area (Å²) in [4.78, 5) is 4.73. The number of aromatic nitrogens is 3. The second-order valence-corrected chi connectivity index (χ2v) is 8.12. The molecular formula is C20H29Cl2IN6. The van der Waals surface area contributed by atoms with Crippen LogP contribution in [0.15, 0.2) is 23.2 Å². The summed E-state index contributed by atoms with van der Waals surface area (Å²) in [5.74, 6) is 2.59. The van der Waals surface area contributed by atoms with E-state index in [1.165, 1.54) is 25.7 Å². The molecule has 0 amide bonds. The van der Waals surface area contributed by atoms with Gasteiger partial charge >= 0.3 is 0 Å². The number of aryl methyl sites for hydroxylation is 2. The molecule has 0 spiro atoms. The van der Waals surface area contributed by atoms with Gasteiger partial charge in [0.05, 0.1) is 0 Å². The highest BCUT2D eigenvalue weighted by molar-refractivity contribution is 14.0. The Morgan fingerprint density at radius 1 is 1.24 bits per heavy atom. The zero-order valence-corrected chi connectivity index (χ0v) is 20.8. The topological polar surface area (TPSA) is 67.1 Å². The lowest BCUT2D eigenvalue weighted by Crippen LogP contribution is -2.42. The third-order valence-corrected chi connectivity index (χ3v) is 5.77. The van der Waals surface area contributed by atoms with Crippen LogP contribution in [-0.4, -0.2) is 33.3 Å². The molecule has 2 N–H and O–H groups in total. The third kappa shape index (κ3) is 7.29. The maximum Gasteiger partial charge on any atom is 0.191 e. The standard InChI is InChI=1S/C20H28Cl2N6.HI/c1-14-26-27-19(28(14)2)13-24-20(25-17-7-3-4-8-17)23-11-5-6-15-9-10-16(21)12-18(15)22;/h9-10,12,17H,3-8,11,13H2,1-2H3,(H2,23,24,25);1H. The Balaban J connectivity index is 0.00000300. The van der Waals surface area contributed by atoms with Crippen molar-refractivity contribution in [2.24, 2.45) is 12.0 Å². The first kappa shape index (κ1) is 24.2. The summed E-state index contributed by atoms with van der Waals surface area (Å²) in [5, 5.41) is 16.7. The molecule has 0 bridgehead atoms. The summed E-state index contributed by atoms with van der Waals surface area (Å²) >= 11 is 12.2. The van der Waals surface area contributed by atoms with Gasteiger partial charge in [0, 0.05) is 29.7 Å². The number of halogens is 3. The molecule has 2 aromatic rings. The van der Waals surface area contributed by atoms with Crippen LogP contribution in [0.4, 0.5) is 0 Å². The molecule has 0 saturated heterocycles. The van der Waals surface area contributed by atoms with E-state index in [-0.39, 0.29) is 24.0 Å². The van der Waals surface area contributed by atoms with Crippen molar-refractivity contribution in [2.45, 2.75) is 58.0 Å². The smallest absolute Gasteiger partial charge is 0.191 e. The van der Waals surface area contributed by atoms with Crippen LogP contribution in [0, 0.1) is 6.92 Å². The molecule has 1 aliphatic carbocycles. The lowest BCUT2D eigenvalue weighted by molar-refractivity contribution is 0.607. The van der Waals surface area contributed by atoms with Crippen LogP contribution >= 0.6 is 47.2 Å². The van der Waals surface area contributed by atoms with Gasteiger partial charge in [-0.2, -0.15) is 0 Å². The summed E-state index contributed by atoms with van der Waals surface area (Å²) < 4.78 is 1.97. The van der Waals surface area contributed by atoms with Gasteiger partial charge in [0.25, 0.3) is 0 Å². The van der Waals surface area contributed by atoms with Crippen molar-refractivity contribution in [1.29, 1.82) is 0 Å². The first-order valence-electron chi connectivity index (χ1n) is 9.86. The highest BCUT2D eigenvalue weighted by Crippen LogP contribution is 2.22. The summed E-state index contributed by atoms with van der Waals surface area (Å²) in [6, 6.07) is 6.17. The van der Waals surface area contributed by atoms with E-state index in [9.17, 15) is 0 Å². The molecule has 0 atom stereocenters. The van der Waals surface area contributed by atoms with Crippen LogP contribution in [0.2, 0.25) is 10.0 Å². The van der Waals surface area contributed by atoms with Gasteiger partial charge in [-0.05, 0) is 50.3 Å². The lowest BCUT2D eigenvalue weighted by Gasteiger charge is -2.17. The quantitative estimate of drug-likeness (QED) is 0.228. The molecule has 1 aliphatic rings. The summed E-state index contributed by atoms with van der Waals surface area (Å²) in [7, 11) is 1.97. The average Bonchev–Trinajstić information content (AvgIpc) is 3.29. The molecule has 160 valence electrons. The number of nitrogens with one attached hydrogen (secondary N) is 2. The van der Waals surface area contributed by atoms with Crippen LogP contribution in [0.3, 0.4) is 0 Å². The molecule has 0 aliphatic heterocycles. The molecule has 1 aromatic carbocycles. The fraction of sp³-hybridized carbons (Fsp3) is 0.550. The van der Waals surface area contributed by atoms with Gasteiger partial charge in [0.15, 0.2) is 11.8 Å². The van der Waals surface area contributed by atoms with E-state index in [4.69, 9.17) is 28.2 Å². The molecule has 3 rings (SSSR count). The number of benzene rings is 1. The largest absolute Gasteiger partial charge is 0.356 e. The summed E-state index contributed by atoms with van der Waals surface area (Å²) in [5.41, 5.74) is 1.12. The summed E-state index contributed by atoms with van der Waals surface area (Å²) in [6.45, 7) is 3.26. The Hall–Kier alpha value is -1.06. The van der Waals surface area contributed by atoms with Crippen molar-refractivity contribution in [2.75, 3.05) is 6.54 Å². The van der Waals surface area contributed by atoms with E-state index < -0.39 is 0 Å². The van der Waals surface area contributed by atoms with E-state index in [0.29, 0.717) is 17.6 Å². The molecule has 0 unspecified atom stereocenters. The molecule has 1 heterocycles. The Bertz CT molecular complexity index is 817. The van der Waals surface area contributed by atoms with Crippen LogP contribution in [0.5, 0.6) is 0 Å². The molecule has 0 radical (unpaired) electrons. The minimum Gasteiger partial charge on any atom is -0.356 e. The first-order valence-corrected chi connectivity index (χ1v) is 10.6. The van der Waals surface area contributed by atoms with E-state index in [1.54, 1.807) is 6.07 Å². The first-order chi connectivity index (χ1) is 13.5. The van der Waals surface area contributed by atoms with E-state index in [1.807, 2.05) is 30.7 Å². The Morgan fingerprint density at radius 2 is 2.00 bits per heavy atom. The number of hydrogen-bond acceptors (Lipinski definition) is 3. The van der Waals surface area contributed by atoms with Crippen LogP contribution in [0.25, 0.3) is 0 Å². The SMILES string of the molecule is Cc1nnc(CN=C(NCCCc2ccc(Cl)cc2Cl)NC2CCCC2)n1C.I. The van der Waals surface area contributed by atoms with Crippen LogP contribution in [-0.2, 0) is 20.0 Å². The lowest BCUT2D eigenvalue weighted by atomic mass is 10.1. The van der Waals surface area contributed by atoms with Crippen LogP contribution < -0.4 is 10.6 Å². The van der Waals surface area contributed by atoms with Crippen molar-refractivity contribution >= 4 is 53.1 Å². The van der Waals surface area contributed by atoms with Crippen LogP contribution in [0.1, 0.15) is 49.3 Å². The maximum atomic E-state index is 6.26. The van der Waals surface area contributed by atoms with Crippen molar-refractivity contribution in [3.05, 3.63) is 45.5 Å². The zero-order chi connectivity index (χ0) is 19.9. The Labute approximate surface area is 199 Å². The Morgan fingerprint density at radius 3 is 2.66 bits per heavy atom. The molecule has 6 nitrogen and oxygen atoms in total. The van der Waals surface area contributed by atoms with Gasteiger partial charge < -0.3 is 15.2 Å². The molecule has 29 heavy (non-hydrogen) atoms. The van der Waals surface area contributed by atoms with Gasteiger partial charge in [-0.15, -0.1) is 34.2 Å². The number of guanidine groups is 1. The Kier molecular flexibility index (Phi) is 9.98. The number of aliphatic imine (C=N–C) groups is 1. The molecular weight excluding hydrogens is 522 g/mol. The van der Waals surface area contributed by atoms with Gasteiger partial charge in [-0.25, -0.2) is 4.99 Å². The second kappa shape index (κ2) is 12.0. The highest BCUT2D eigenvalue weighted by atomic mass is 127. The fourth-order valence-corrected chi connectivity index (χ4v) is 3.87. The van der Waals surface area contributed by atoms with E-state index in [0.717, 1.165) is 47.6 Å². The third-order valence-electron chi connectivity index (χ3n) is 5.19. The predicted molar refractivity (Wildman–Crippen MR) is 130 cm³/mol. The van der Waals surface area contributed by atoms with Crippen molar-refractivity contribution in [3.8, 4) is 0 Å². The van der Waals surface area contributed by atoms with Gasteiger partial charge in [-0.3, -0.25) is 0 Å². The number of hydrogen-bond donors (Lipinski definition) is 2. The van der Waals surface area contributed by atoms with Gasteiger partial charge in [0.2, 0.25) is 0 Å². The molecule has 1 fully saturated rings. The second-order valence-electron chi connectivity index (χ2n) is 7.28.